The number of ether oxygens (including phenoxy) is 2. The lowest BCUT2D eigenvalue weighted by molar-refractivity contribution is 0.0183. The molecule has 122 valence electrons. The third-order valence-corrected chi connectivity index (χ3v) is 3.41. The van der Waals surface area contributed by atoms with E-state index < -0.39 is 5.60 Å². The fourth-order valence-electron chi connectivity index (χ4n) is 2.31. The Kier molecular flexibility index (Phi) is 5.11. The highest BCUT2D eigenvalue weighted by atomic mass is 35.5. The summed E-state index contributed by atoms with van der Waals surface area (Å²) in [6.45, 7) is 8.40. The topological polar surface area (TPSA) is 64.5 Å². The molecule has 1 aromatic heterocycles. The Morgan fingerprint density at radius 2 is 2.18 bits per heavy atom. The summed E-state index contributed by atoms with van der Waals surface area (Å²) in [5.41, 5.74) is 0.239. The molecule has 1 aromatic rings. The summed E-state index contributed by atoms with van der Waals surface area (Å²) in [5, 5.41) is 0.345. The molecule has 0 unspecified atom stereocenters. The maximum Gasteiger partial charge on any atom is 0.410 e. The Morgan fingerprint density at radius 1 is 1.45 bits per heavy atom. The van der Waals surface area contributed by atoms with Crippen molar-refractivity contribution in [3.63, 3.8) is 0 Å². The van der Waals surface area contributed by atoms with Gasteiger partial charge in [-0.3, -0.25) is 0 Å². The smallest absolute Gasteiger partial charge is 0.410 e. The molecule has 1 saturated heterocycles. The summed E-state index contributed by atoms with van der Waals surface area (Å²) < 4.78 is 11.0. The largest absolute Gasteiger partial charge is 0.461 e. The summed E-state index contributed by atoms with van der Waals surface area (Å²) in [6, 6.07) is 1.87. The van der Waals surface area contributed by atoms with Gasteiger partial charge in [-0.15, -0.1) is 0 Å². The predicted octanol–water partition coefficient (Wildman–Crippen LogP) is 3.22. The number of aromatic nitrogens is 2. The molecule has 2 heterocycles. The van der Waals surface area contributed by atoms with Crippen molar-refractivity contribution in [1.82, 2.24) is 14.9 Å². The van der Waals surface area contributed by atoms with E-state index in [0.717, 1.165) is 18.5 Å². The van der Waals surface area contributed by atoms with Gasteiger partial charge in [0.05, 0.1) is 6.04 Å². The van der Waals surface area contributed by atoms with E-state index in [1.807, 2.05) is 27.7 Å². The lowest BCUT2D eigenvalue weighted by atomic mass is 10.2. The Labute approximate surface area is 135 Å². The van der Waals surface area contributed by atoms with Crippen LogP contribution < -0.4 is 4.74 Å². The van der Waals surface area contributed by atoms with E-state index in [-0.39, 0.29) is 18.1 Å². The third-order valence-electron chi connectivity index (χ3n) is 3.21. The molecule has 0 N–H and O–H groups in total. The van der Waals surface area contributed by atoms with Gasteiger partial charge in [0.25, 0.3) is 0 Å². The van der Waals surface area contributed by atoms with Gasteiger partial charge >= 0.3 is 12.1 Å². The molecule has 22 heavy (non-hydrogen) atoms. The van der Waals surface area contributed by atoms with Crippen molar-refractivity contribution in [3.05, 3.63) is 16.9 Å². The van der Waals surface area contributed by atoms with Gasteiger partial charge < -0.3 is 14.4 Å². The maximum atomic E-state index is 12.2. The average molecular weight is 328 g/mol. The molecule has 1 aliphatic heterocycles. The second-order valence-electron chi connectivity index (χ2n) is 6.40. The number of carbonyl (C=O) groups is 1. The van der Waals surface area contributed by atoms with E-state index in [1.54, 1.807) is 11.0 Å². The number of hydrogen-bond acceptors (Lipinski definition) is 5. The molecule has 0 radical (unpaired) electrons. The van der Waals surface area contributed by atoms with Crippen molar-refractivity contribution in [3.8, 4) is 6.01 Å². The van der Waals surface area contributed by atoms with Gasteiger partial charge in [0.15, 0.2) is 0 Å². The monoisotopic (exact) mass is 327 g/mol. The van der Waals surface area contributed by atoms with Gasteiger partial charge in [-0.05, 0) is 46.6 Å². The van der Waals surface area contributed by atoms with Crippen molar-refractivity contribution in [2.24, 2.45) is 0 Å². The van der Waals surface area contributed by atoms with Gasteiger partial charge in [0.2, 0.25) is 0 Å². The normalized spacial score (nSPS) is 18.4. The van der Waals surface area contributed by atoms with Crippen molar-refractivity contribution >= 4 is 17.7 Å². The lowest BCUT2D eigenvalue weighted by Gasteiger charge is -2.28. The van der Waals surface area contributed by atoms with Crippen LogP contribution >= 0.6 is 11.6 Å². The first-order valence-corrected chi connectivity index (χ1v) is 7.76. The van der Waals surface area contributed by atoms with E-state index in [9.17, 15) is 4.79 Å². The lowest BCUT2D eigenvalue weighted by Crippen LogP contribution is -2.42. The molecule has 1 aliphatic rings. The molecule has 0 spiro atoms. The number of carbonyl (C=O) groups excluding carboxylic acids is 1. The summed E-state index contributed by atoms with van der Waals surface area (Å²) in [4.78, 5) is 22.1. The minimum Gasteiger partial charge on any atom is -0.461 e. The van der Waals surface area contributed by atoms with Crippen LogP contribution in [0.1, 0.15) is 39.3 Å². The van der Waals surface area contributed by atoms with Crippen LogP contribution in [0.15, 0.2) is 6.07 Å². The first kappa shape index (κ1) is 16.8. The molecule has 0 aromatic carbocycles. The number of likely N-dealkylation sites (tertiary alicyclic amines) is 1. The zero-order valence-corrected chi connectivity index (χ0v) is 14.2. The van der Waals surface area contributed by atoms with Crippen LogP contribution in [0.25, 0.3) is 0 Å². The molecule has 7 heteroatoms. The number of amides is 1. The Morgan fingerprint density at radius 3 is 2.82 bits per heavy atom. The Bertz CT molecular complexity index is 525. The molecule has 1 atom stereocenters. The standard InChI is InChI=1S/C15H22ClN3O3/c1-10-8-12(16)18-13(17-10)21-9-11-6-5-7-19(11)14(20)22-15(2,3)4/h8,11H,5-7,9H2,1-4H3/t11-/m1/s1. The molecule has 2 rings (SSSR count). The highest BCUT2D eigenvalue weighted by Crippen LogP contribution is 2.21. The van der Waals surface area contributed by atoms with Crippen LogP contribution in [-0.2, 0) is 4.74 Å². The van der Waals surface area contributed by atoms with Gasteiger partial charge in [-0.1, -0.05) is 11.6 Å². The first-order valence-electron chi connectivity index (χ1n) is 7.38. The van der Waals surface area contributed by atoms with E-state index in [4.69, 9.17) is 21.1 Å². The van der Waals surface area contributed by atoms with Gasteiger partial charge in [0.1, 0.15) is 17.4 Å². The molecular formula is C15H22ClN3O3. The van der Waals surface area contributed by atoms with Crippen molar-refractivity contribution in [2.75, 3.05) is 13.2 Å². The van der Waals surface area contributed by atoms with Crippen LogP contribution in [0.5, 0.6) is 6.01 Å². The van der Waals surface area contributed by atoms with E-state index in [0.29, 0.717) is 18.3 Å². The maximum absolute atomic E-state index is 12.2. The minimum absolute atomic E-state index is 0.0299. The number of halogens is 1. The average Bonchev–Trinajstić information content (AvgIpc) is 2.81. The predicted molar refractivity (Wildman–Crippen MR) is 83.2 cm³/mol. The SMILES string of the molecule is Cc1cc(Cl)nc(OC[C@H]2CCCN2C(=O)OC(C)(C)C)n1. The summed E-state index contributed by atoms with van der Waals surface area (Å²) >= 11 is 5.88. The molecule has 1 amide bonds. The van der Waals surface area contributed by atoms with Crippen molar-refractivity contribution in [2.45, 2.75) is 52.2 Å². The summed E-state index contributed by atoms with van der Waals surface area (Å²) in [5.74, 6) is 0. The van der Waals surface area contributed by atoms with Crippen LogP contribution in [-0.4, -0.2) is 45.8 Å². The van der Waals surface area contributed by atoms with E-state index in [1.165, 1.54) is 0 Å². The number of nitrogens with zero attached hydrogens (tertiary/aromatic N) is 3. The van der Waals surface area contributed by atoms with Gasteiger partial charge in [-0.25, -0.2) is 9.78 Å². The number of hydrogen-bond donors (Lipinski definition) is 0. The molecular weight excluding hydrogens is 306 g/mol. The van der Waals surface area contributed by atoms with Gasteiger partial charge in [-0.2, -0.15) is 4.98 Å². The van der Waals surface area contributed by atoms with Crippen LogP contribution in [0.4, 0.5) is 4.79 Å². The second-order valence-corrected chi connectivity index (χ2v) is 6.78. The fourth-order valence-corrected chi connectivity index (χ4v) is 2.54. The van der Waals surface area contributed by atoms with Crippen LogP contribution in [0, 0.1) is 6.92 Å². The number of aryl methyl sites for hydroxylation is 1. The quantitative estimate of drug-likeness (QED) is 0.797. The molecule has 1 fully saturated rings. The van der Waals surface area contributed by atoms with Crippen LogP contribution in [0.2, 0.25) is 5.15 Å². The highest BCUT2D eigenvalue weighted by Gasteiger charge is 2.32. The molecule has 0 aliphatic carbocycles. The second kappa shape index (κ2) is 6.69. The summed E-state index contributed by atoms with van der Waals surface area (Å²) in [6.07, 6.45) is 1.50. The highest BCUT2D eigenvalue weighted by molar-refractivity contribution is 6.29. The Hall–Kier alpha value is -1.56. The first-order chi connectivity index (χ1) is 10.2. The zero-order valence-electron chi connectivity index (χ0n) is 13.4. The molecule has 0 bridgehead atoms. The zero-order chi connectivity index (χ0) is 16.3. The molecule has 0 saturated carbocycles. The van der Waals surface area contributed by atoms with Crippen LogP contribution in [0.3, 0.4) is 0 Å². The van der Waals surface area contributed by atoms with E-state index >= 15 is 0 Å². The number of rotatable bonds is 3. The fraction of sp³-hybridized carbons (Fsp3) is 0.667. The van der Waals surface area contributed by atoms with Gasteiger partial charge in [0, 0.05) is 12.2 Å². The Balaban J connectivity index is 1.95. The molecule has 6 nitrogen and oxygen atoms in total. The van der Waals surface area contributed by atoms with E-state index in [2.05, 4.69) is 9.97 Å². The summed E-state index contributed by atoms with van der Waals surface area (Å²) in [7, 11) is 0. The van der Waals surface area contributed by atoms with Crippen molar-refractivity contribution in [1.29, 1.82) is 0 Å². The van der Waals surface area contributed by atoms with Crippen molar-refractivity contribution < 1.29 is 14.3 Å². The third kappa shape index (κ3) is 4.73. The minimum atomic E-state index is -0.502.